The molecule has 0 bridgehead atoms. The van der Waals surface area contributed by atoms with Gasteiger partial charge in [-0.05, 0) is 24.3 Å². The first-order valence-electron chi connectivity index (χ1n) is 6.20. The molecule has 0 unspecified atom stereocenters. The van der Waals surface area contributed by atoms with Crippen LogP contribution in [0.15, 0.2) is 30.5 Å². The molecule has 0 atom stereocenters. The van der Waals surface area contributed by atoms with Crippen LogP contribution in [0.4, 0.5) is 5.69 Å². The molecule has 106 valence electrons. The van der Waals surface area contributed by atoms with Gasteiger partial charge in [0, 0.05) is 36.7 Å². The molecule has 5 nitrogen and oxygen atoms in total. The molecular weight excluding hydrogens is 322 g/mol. The molecule has 0 aliphatic heterocycles. The van der Waals surface area contributed by atoms with Crippen LogP contribution in [-0.2, 0) is 11.8 Å². The first-order valence-corrected chi connectivity index (χ1v) is 7.32. The number of halogens is 1. The highest BCUT2D eigenvalue weighted by molar-refractivity contribution is 9.09. The van der Waals surface area contributed by atoms with Crippen molar-refractivity contribution >= 4 is 27.5 Å². The molecule has 0 saturated heterocycles. The molecule has 0 fully saturated rings. The van der Waals surface area contributed by atoms with Gasteiger partial charge >= 0.3 is 0 Å². The lowest BCUT2D eigenvalue weighted by Crippen LogP contribution is -2.07. The van der Waals surface area contributed by atoms with Gasteiger partial charge in [0.2, 0.25) is 5.91 Å². The summed E-state index contributed by atoms with van der Waals surface area (Å²) >= 11 is 3.34. The lowest BCUT2D eigenvalue weighted by atomic mass is 10.1. The number of amides is 1. The number of aromatic nitrogens is 2. The number of nitrogens with one attached hydrogen (secondary N) is 1. The van der Waals surface area contributed by atoms with Gasteiger partial charge in [-0.2, -0.15) is 5.10 Å². The summed E-state index contributed by atoms with van der Waals surface area (Å²) < 4.78 is 7.50. The van der Waals surface area contributed by atoms with Crippen LogP contribution in [0.3, 0.4) is 0 Å². The van der Waals surface area contributed by atoms with Crippen molar-refractivity contribution in [2.45, 2.75) is 6.92 Å². The standard InChI is InChI=1S/C14H16BrN3O2/c1-10(19)17-11-3-4-14(20-8-6-15)12(9-11)13-5-7-16-18(13)2/h3-5,7,9H,6,8H2,1-2H3,(H,17,19). The van der Waals surface area contributed by atoms with E-state index < -0.39 is 0 Å². The number of hydrogen-bond donors (Lipinski definition) is 1. The van der Waals surface area contributed by atoms with Gasteiger partial charge in [-0.3, -0.25) is 9.48 Å². The first-order chi connectivity index (χ1) is 9.61. The molecule has 1 aromatic heterocycles. The van der Waals surface area contributed by atoms with Crippen molar-refractivity contribution in [2.24, 2.45) is 7.05 Å². The zero-order chi connectivity index (χ0) is 14.5. The number of alkyl halides is 1. The Morgan fingerprint density at radius 2 is 2.25 bits per heavy atom. The fourth-order valence-corrected chi connectivity index (χ4v) is 2.09. The van der Waals surface area contributed by atoms with Crippen molar-refractivity contribution in [1.29, 1.82) is 0 Å². The van der Waals surface area contributed by atoms with Crippen LogP contribution in [0.2, 0.25) is 0 Å². The van der Waals surface area contributed by atoms with Gasteiger partial charge in [0.05, 0.1) is 12.3 Å². The van der Waals surface area contributed by atoms with E-state index in [1.165, 1.54) is 6.92 Å². The molecule has 0 saturated carbocycles. The van der Waals surface area contributed by atoms with E-state index in [4.69, 9.17) is 4.74 Å². The number of aryl methyl sites for hydroxylation is 1. The lowest BCUT2D eigenvalue weighted by Gasteiger charge is -2.13. The summed E-state index contributed by atoms with van der Waals surface area (Å²) in [6.07, 6.45) is 1.73. The molecule has 0 spiro atoms. The Labute approximate surface area is 126 Å². The van der Waals surface area contributed by atoms with E-state index in [2.05, 4.69) is 26.3 Å². The summed E-state index contributed by atoms with van der Waals surface area (Å²) in [5, 5.41) is 7.70. The van der Waals surface area contributed by atoms with E-state index in [-0.39, 0.29) is 5.91 Å². The minimum absolute atomic E-state index is 0.102. The number of carbonyl (C=O) groups is 1. The molecule has 0 radical (unpaired) electrons. The predicted octanol–water partition coefficient (Wildman–Crippen LogP) is 2.82. The van der Waals surface area contributed by atoms with Crippen molar-refractivity contribution in [2.75, 3.05) is 17.3 Å². The monoisotopic (exact) mass is 337 g/mol. The van der Waals surface area contributed by atoms with Crippen molar-refractivity contribution in [3.05, 3.63) is 30.5 Å². The SMILES string of the molecule is CC(=O)Nc1ccc(OCCBr)c(-c2ccnn2C)c1. The summed E-state index contributed by atoms with van der Waals surface area (Å²) in [5.41, 5.74) is 2.57. The van der Waals surface area contributed by atoms with E-state index in [1.54, 1.807) is 10.9 Å². The fourth-order valence-electron chi connectivity index (χ4n) is 1.92. The van der Waals surface area contributed by atoms with Gasteiger partial charge in [-0.25, -0.2) is 0 Å². The second-order valence-electron chi connectivity index (χ2n) is 4.27. The summed E-state index contributed by atoms with van der Waals surface area (Å²) in [4.78, 5) is 11.2. The Hall–Kier alpha value is -1.82. The summed E-state index contributed by atoms with van der Waals surface area (Å²) in [5.74, 6) is 0.664. The average molecular weight is 338 g/mol. The zero-order valence-corrected chi connectivity index (χ0v) is 13.0. The molecule has 1 heterocycles. The Balaban J connectivity index is 2.42. The fraction of sp³-hybridized carbons (Fsp3) is 0.286. The van der Waals surface area contributed by atoms with Crippen LogP contribution in [0.5, 0.6) is 5.75 Å². The van der Waals surface area contributed by atoms with E-state index in [0.717, 1.165) is 28.0 Å². The van der Waals surface area contributed by atoms with Crippen LogP contribution in [0.25, 0.3) is 11.3 Å². The van der Waals surface area contributed by atoms with Crippen LogP contribution in [0, 0.1) is 0 Å². The molecule has 20 heavy (non-hydrogen) atoms. The average Bonchev–Trinajstić information content (AvgIpc) is 2.82. The number of benzene rings is 1. The molecule has 2 aromatic rings. The van der Waals surface area contributed by atoms with Crippen molar-refractivity contribution in [1.82, 2.24) is 9.78 Å². The largest absolute Gasteiger partial charge is 0.492 e. The first kappa shape index (κ1) is 14.6. The highest BCUT2D eigenvalue weighted by Crippen LogP contribution is 2.32. The number of nitrogens with zero attached hydrogens (tertiary/aromatic N) is 2. The van der Waals surface area contributed by atoms with Gasteiger partial charge in [0.1, 0.15) is 5.75 Å². The highest BCUT2D eigenvalue weighted by Gasteiger charge is 2.11. The van der Waals surface area contributed by atoms with Gasteiger partial charge in [0.25, 0.3) is 0 Å². The number of hydrogen-bond acceptors (Lipinski definition) is 3. The molecular formula is C14H16BrN3O2. The maximum Gasteiger partial charge on any atom is 0.221 e. The van der Waals surface area contributed by atoms with E-state index >= 15 is 0 Å². The Bertz CT molecular complexity index is 610. The van der Waals surface area contributed by atoms with Crippen molar-refractivity contribution in [3.8, 4) is 17.0 Å². The van der Waals surface area contributed by atoms with E-state index in [9.17, 15) is 4.79 Å². The quantitative estimate of drug-likeness (QED) is 0.853. The highest BCUT2D eigenvalue weighted by atomic mass is 79.9. The second-order valence-corrected chi connectivity index (χ2v) is 5.06. The molecule has 6 heteroatoms. The normalized spacial score (nSPS) is 10.3. The Kier molecular flexibility index (Phi) is 4.79. The summed E-state index contributed by atoms with van der Waals surface area (Å²) in [6.45, 7) is 2.06. The third-order valence-electron chi connectivity index (χ3n) is 2.73. The number of carbonyl (C=O) groups excluding carboxylic acids is 1. The van der Waals surface area contributed by atoms with Crippen LogP contribution in [0.1, 0.15) is 6.92 Å². The third-order valence-corrected chi connectivity index (χ3v) is 3.06. The van der Waals surface area contributed by atoms with E-state index in [0.29, 0.717) is 6.61 Å². The Morgan fingerprint density at radius 3 is 2.85 bits per heavy atom. The van der Waals surface area contributed by atoms with Gasteiger partial charge in [-0.15, -0.1) is 0 Å². The number of rotatable bonds is 5. The molecule has 0 aliphatic rings. The third kappa shape index (κ3) is 3.39. The molecule has 1 amide bonds. The maximum atomic E-state index is 11.2. The second kappa shape index (κ2) is 6.56. The van der Waals surface area contributed by atoms with Crippen LogP contribution < -0.4 is 10.1 Å². The minimum Gasteiger partial charge on any atom is -0.492 e. The molecule has 0 aliphatic carbocycles. The maximum absolute atomic E-state index is 11.2. The summed E-state index contributed by atoms with van der Waals surface area (Å²) in [7, 11) is 1.87. The predicted molar refractivity (Wildman–Crippen MR) is 82.2 cm³/mol. The van der Waals surface area contributed by atoms with E-state index in [1.807, 2.05) is 31.3 Å². The Morgan fingerprint density at radius 1 is 1.45 bits per heavy atom. The molecule has 1 N–H and O–H groups in total. The van der Waals surface area contributed by atoms with Gasteiger partial charge < -0.3 is 10.1 Å². The van der Waals surface area contributed by atoms with Crippen molar-refractivity contribution < 1.29 is 9.53 Å². The van der Waals surface area contributed by atoms with Crippen LogP contribution >= 0.6 is 15.9 Å². The van der Waals surface area contributed by atoms with Crippen LogP contribution in [-0.4, -0.2) is 27.6 Å². The molecule has 2 rings (SSSR count). The summed E-state index contributed by atoms with van der Waals surface area (Å²) in [6, 6.07) is 7.48. The smallest absolute Gasteiger partial charge is 0.221 e. The minimum atomic E-state index is -0.102. The van der Waals surface area contributed by atoms with Crippen molar-refractivity contribution in [3.63, 3.8) is 0 Å². The number of ether oxygens (including phenoxy) is 1. The zero-order valence-electron chi connectivity index (χ0n) is 11.4. The van der Waals surface area contributed by atoms with Gasteiger partial charge in [-0.1, -0.05) is 15.9 Å². The number of anilines is 1. The molecule has 1 aromatic carbocycles. The van der Waals surface area contributed by atoms with Gasteiger partial charge in [0.15, 0.2) is 0 Å². The lowest BCUT2D eigenvalue weighted by molar-refractivity contribution is -0.114. The topological polar surface area (TPSA) is 56.1 Å².